The van der Waals surface area contributed by atoms with E-state index in [9.17, 15) is 0 Å². The van der Waals surface area contributed by atoms with Crippen molar-refractivity contribution in [1.82, 2.24) is 4.57 Å². The topological polar surface area (TPSA) is 21.3 Å². The third kappa shape index (κ3) is 6.71. The number of para-hydroxylation sites is 5. The summed E-state index contributed by atoms with van der Waals surface area (Å²) in [6.07, 6.45) is 11.0. The Balaban J connectivity index is 1.06. The number of benzene rings is 9. The van der Waals surface area contributed by atoms with Gasteiger partial charge in [-0.15, -0.1) is 0 Å². The summed E-state index contributed by atoms with van der Waals surface area (Å²) < 4.78 is 8.76. The molecule has 1 saturated carbocycles. The van der Waals surface area contributed by atoms with Crippen molar-refractivity contribution in [3.8, 4) is 27.9 Å². The molecule has 0 spiro atoms. The minimum atomic E-state index is 0.593. The standard InChI is InChI=1S/C64H50N2O/c1-3-19-43(20-4-1)50-31-16-21-44-22-17-33-54(63(44)50)52-28-8-12-35-58(52)66(57-34-11-7-27-49(57)46-39-40-62-56(42-46)53-29-10-14-38-61(53)67-62)48-26-15-23-45(41-48)51-32-18-37-60-64(51)55-30-9-13-36-59(55)65(60)47-24-5-2-6-25-47/h2,5-16,18,21-32,34-43H,1,3-4,17,19-20,33H2. The third-order valence-electron chi connectivity index (χ3n) is 14.7. The molecule has 0 N–H and O–H groups in total. The predicted molar refractivity (Wildman–Crippen MR) is 281 cm³/mol. The average Bonchev–Trinajstić information content (AvgIpc) is 3.95. The molecule has 13 rings (SSSR count). The molecule has 2 aromatic heterocycles. The first-order valence-electron chi connectivity index (χ1n) is 24.2. The van der Waals surface area contributed by atoms with Gasteiger partial charge in [0.25, 0.3) is 0 Å². The lowest BCUT2D eigenvalue weighted by Gasteiger charge is -2.31. The first kappa shape index (κ1) is 39.5. The van der Waals surface area contributed by atoms with Crippen LogP contribution in [0.25, 0.3) is 83.3 Å². The molecule has 322 valence electrons. The lowest BCUT2D eigenvalue weighted by Crippen LogP contribution is -2.35. The fourth-order valence-corrected chi connectivity index (χ4v) is 11.7. The molecule has 2 heterocycles. The minimum absolute atomic E-state index is 0.593. The molecule has 2 aliphatic carbocycles. The Kier molecular flexibility index (Phi) is 9.74. The van der Waals surface area contributed by atoms with Crippen LogP contribution in [-0.2, 0) is 0 Å². The number of hydrogen-bond donors (Lipinski definition) is 0. The van der Waals surface area contributed by atoms with Crippen LogP contribution < -0.4 is 15.3 Å². The maximum absolute atomic E-state index is 6.35. The number of hydrogen-bond acceptors (Lipinski definition) is 2. The molecule has 11 aromatic rings. The van der Waals surface area contributed by atoms with E-state index in [0.29, 0.717) is 5.92 Å². The second kappa shape index (κ2) is 16.5. The Hall–Kier alpha value is -7.88. The molecule has 2 aliphatic rings. The number of rotatable bonds is 8. The molecule has 9 aromatic carbocycles. The Morgan fingerprint density at radius 1 is 0.478 bits per heavy atom. The van der Waals surface area contributed by atoms with Gasteiger partial charge in [0.05, 0.1) is 22.4 Å². The predicted octanol–water partition coefficient (Wildman–Crippen LogP) is 16.3. The Morgan fingerprint density at radius 3 is 2.03 bits per heavy atom. The van der Waals surface area contributed by atoms with Crippen LogP contribution in [0.15, 0.2) is 211 Å². The van der Waals surface area contributed by atoms with E-state index < -0.39 is 0 Å². The van der Waals surface area contributed by atoms with Crippen molar-refractivity contribution in [3.05, 3.63) is 228 Å². The maximum atomic E-state index is 6.35. The zero-order chi connectivity index (χ0) is 44.3. The van der Waals surface area contributed by atoms with E-state index in [-0.39, 0.29) is 0 Å². The van der Waals surface area contributed by atoms with Gasteiger partial charge in [-0.25, -0.2) is 0 Å². The Labute approximate surface area is 391 Å². The Morgan fingerprint density at radius 2 is 1.15 bits per heavy atom. The zero-order valence-corrected chi connectivity index (χ0v) is 37.5. The average molecular weight is 863 g/mol. The van der Waals surface area contributed by atoms with Gasteiger partial charge in [-0.05, 0) is 137 Å². The molecule has 0 aliphatic heterocycles. The second-order valence-corrected chi connectivity index (χ2v) is 18.5. The summed E-state index contributed by atoms with van der Waals surface area (Å²) in [5.41, 5.74) is 17.8. The second-order valence-electron chi connectivity index (χ2n) is 18.5. The van der Waals surface area contributed by atoms with E-state index in [2.05, 4.69) is 216 Å². The number of nitrogens with zero attached hydrogens (tertiary/aromatic N) is 2. The highest BCUT2D eigenvalue weighted by molar-refractivity contribution is 6.16. The summed E-state index contributed by atoms with van der Waals surface area (Å²) in [4.78, 5) is 2.55. The summed E-state index contributed by atoms with van der Waals surface area (Å²) in [5.74, 6) is 0.593. The van der Waals surface area contributed by atoms with Crippen molar-refractivity contribution in [1.29, 1.82) is 0 Å². The van der Waals surface area contributed by atoms with Crippen molar-refractivity contribution in [2.24, 2.45) is 0 Å². The monoisotopic (exact) mass is 862 g/mol. The van der Waals surface area contributed by atoms with E-state index >= 15 is 0 Å². The highest BCUT2D eigenvalue weighted by Crippen LogP contribution is 2.47. The molecule has 0 atom stereocenters. The van der Waals surface area contributed by atoms with Crippen LogP contribution in [0, 0.1) is 0 Å². The van der Waals surface area contributed by atoms with E-state index in [1.807, 2.05) is 6.07 Å². The minimum Gasteiger partial charge on any atom is -0.456 e. The van der Waals surface area contributed by atoms with Gasteiger partial charge in [0.1, 0.15) is 11.2 Å². The van der Waals surface area contributed by atoms with Crippen LogP contribution in [0.2, 0.25) is 0 Å². The number of furan rings is 1. The molecule has 0 amide bonds. The van der Waals surface area contributed by atoms with Gasteiger partial charge in [0.15, 0.2) is 0 Å². The first-order chi connectivity index (χ1) is 33.3. The van der Waals surface area contributed by atoms with Crippen molar-refractivity contribution >= 4 is 72.5 Å². The van der Waals surface area contributed by atoms with Crippen molar-refractivity contribution in [2.75, 3.05) is 4.90 Å². The molecular formula is C64H50N2O. The highest BCUT2D eigenvalue weighted by atomic mass is 16.3. The van der Waals surface area contributed by atoms with E-state index in [0.717, 1.165) is 63.0 Å². The van der Waals surface area contributed by atoms with Crippen LogP contribution in [0.4, 0.5) is 17.1 Å². The fourth-order valence-electron chi connectivity index (χ4n) is 11.7. The third-order valence-corrected chi connectivity index (χ3v) is 14.7. The van der Waals surface area contributed by atoms with E-state index in [1.54, 1.807) is 0 Å². The first-order valence-corrected chi connectivity index (χ1v) is 24.2. The van der Waals surface area contributed by atoms with E-state index in [1.165, 1.54) is 97.9 Å². The summed E-state index contributed by atoms with van der Waals surface area (Å²) in [5, 5.41) is 7.61. The molecule has 0 bridgehead atoms. The van der Waals surface area contributed by atoms with Gasteiger partial charge >= 0.3 is 0 Å². The quantitative estimate of drug-likeness (QED) is 0.152. The van der Waals surface area contributed by atoms with Gasteiger partial charge in [-0.1, -0.05) is 165 Å². The molecule has 0 radical (unpaired) electrons. The molecule has 67 heavy (non-hydrogen) atoms. The van der Waals surface area contributed by atoms with Crippen molar-refractivity contribution in [3.63, 3.8) is 0 Å². The lowest BCUT2D eigenvalue weighted by molar-refractivity contribution is 0.442. The van der Waals surface area contributed by atoms with Crippen LogP contribution in [-0.4, -0.2) is 4.57 Å². The van der Waals surface area contributed by atoms with E-state index in [4.69, 9.17) is 4.42 Å². The zero-order valence-electron chi connectivity index (χ0n) is 37.5. The highest BCUT2D eigenvalue weighted by Gasteiger charge is 2.26. The molecule has 0 unspecified atom stereocenters. The van der Waals surface area contributed by atoms with Gasteiger partial charge in [-0.2, -0.15) is 0 Å². The summed E-state index contributed by atoms with van der Waals surface area (Å²) in [6, 6.07) is 76.0. The number of aromatic nitrogens is 1. The smallest absolute Gasteiger partial charge is 0.135 e. The van der Waals surface area contributed by atoms with Crippen molar-refractivity contribution < 1.29 is 4.42 Å². The summed E-state index contributed by atoms with van der Waals surface area (Å²) in [6.45, 7) is 0. The fraction of sp³-hybridized carbons (Fsp3) is 0.125. The van der Waals surface area contributed by atoms with Gasteiger partial charge in [0, 0.05) is 44.0 Å². The molecule has 1 fully saturated rings. The van der Waals surface area contributed by atoms with Crippen molar-refractivity contribution in [2.45, 2.75) is 50.9 Å². The molecular weight excluding hydrogens is 813 g/mol. The SMILES string of the molecule is C1=c2cccc(C3CCCCC3)c2=C(c2ccccc2N(c2cccc(-c3cccc4c3c3ccccc3n4-c3ccccc3)c2)c2ccccc2-c2ccc3oc4ccccc4c3c2)CC1. The summed E-state index contributed by atoms with van der Waals surface area (Å²) >= 11 is 0. The van der Waals surface area contributed by atoms with Crippen LogP contribution >= 0.6 is 0 Å². The van der Waals surface area contributed by atoms with Gasteiger partial charge in [0.2, 0.25) is 0 Å². The molecule has 0 saturated heterocycles. The van der Waals surface area contributed by atoms with Crippen LogP contribution in [0.1, 0.15) is 62.0 Å². The summed E-state index contributed by atoms with van der Waals surface area (Å²) in [7, 11) is 0. The maximum Gasteiger partial charge on any atom is 0.135 e. The molecule has 3 heteroatoms. The largest absolute Gasteiger partial charge is 0.456 e. The lowest BCUT2D eigenvalue weighted by atomic mass is 9.80. The molecule has 3 nitrogen and oxygen atoms in total. The van der Waals surface area contributed by atoms with Gasteiger partial charge < -0.3 is 13.9 Å². The van der Waals surface area contributed by atoms with Crippen LogP contribution in [0.3, 0.4) is 0 Å². The van der Waals surface area contributed by atoms with Gasteiger partial charge in [-0.3, -0.25) is 0 Å². The Bertz CT molecular complexity index is 3810. The number of anilines is 3. The van der Waals surface area contributed by atoms with Crippen LogP contribution in [0.5, 0.6) is 0 Å². The normalized spacial score (nSPS) is 14.2. The number of fused-ring (bicyclic) bond motifs is 7.